The van der Waals surface area contributed by atoms with E-state index in [1.165, 1.54) is 12.8 Å². The Hall–Kier alpha value is -1.75. The van der Waals surface area contributed by atoms with Crippen molar-refractivity contribution in [2.75, 3.05) is 19.0 Å². The normalized spacial score (nSPS) is 17.6. The molecule has 0 aliphatic heterocycles. The standard InChI is InChI=1S/C16H25N3O2/c1-21-14-8-6-13(7-9-14)18-15(20)19-16(12-17)10-4-2-3-5-11-16/h6-9H,2-5,10-12,17H2,1H3,(H2,18,19,20). The molecule has 5 heteroatoms. The highest BCUT2D eigenvalue weighted by Crippen LogP contribution is 2.26. The largest absolute Gasteiger partial charge is 0.497 e. The van der Waals surface area contributed by atoms with E-state index in [0.717, 1.165) is 37.1 Å². The number of nitrogens with two attached hydrogens (primary N) is 1. The number of rotatable bonds is 4. The molecule has 0 saturated heterocycles. The Balaban J connectivity index is 1.95. The lowest BCUT2D eigenvalue weighted by Gasteiger charge is -2.32. The van der Waals surface area contributed by atoms with E-state index in [9.17, 15) is 4.79 Å². The van der Waals surface area contributed by atoms with Gasteiger partial charge in [-0.05, 0) is 37.1 Å². The van der Waals surface area contributed by atoms with E-state index < -0.39 is 0 Å². The first-order valence-electron chi connectivity index (χ1n) is 7.61. The highest BCUT2D eigenvalue weighted by Gasteiger charge is 2.31. The average molecular weight is 291 g/mol. The second-order valence-electron chi connectivity index (χ2n) is 5.71. The van der Waals surface area contributed by atoms with Gasteiger partial charge in [-0.15, -0.1) is 0 Å². The number of hydrogen-bond acceptors (Lipinski definition) is 3. The van der Waals surface area contributed by atoms with Crippen LogP contribution in [0.3, 0.4) is 0 Å². The lowest BCUT2D eigenvalue weighted by molar-refractivity contribution is 0.230. The molecular formula is C16H25N3O2. The van der Waals surface area contributed by atoms with Gasteiger partial charge in [-0.3, -0.25) is 0 Å². The van der Waals surface area contributed by atoms with Gasteiger partial charge < -0.3 is 21.1 Å². The zero-order valence-electron chi connectivity index (χ0n) is 12.7. The van der Waals surface area contributed by atoms with Gasteiger partial charge in [0.05, 0.1) is 12.6 Å². The van der Waals surface area contributed by atoms with Gasteiger partial charge in [-0.2, -0.15) is 0 Å². The van der Waals surface area contributed by atoms with Gasteiger partial charge in [-0.1, -0.05) is 25.7 Å². The molecule has 0 heterocycles. The zero-order valence-corrected chi connectivity index (χ0v) is 12.7. The van der Waals surface area contributed by atoms with Crippen LogP contribution in [0.2, 0.25) is 0 Å². The van der Waals surface area contributed by atoms with Gasteiger partial charge in [-0.25, -0.2) is 4.79 Å². The molecule has 0 spiro atoms. The molecule has 21 heavy (non-hydrogen) atoms. The maximum atomic E-state index is 12.2. The van der Waals surface area contributed by atoms with Crippen LogP contribution in [-0.4, -0.2) is 25.2 Å². The van der Waals surface area contributed by atoms with Crippen LogP contribution in [0.25, 0.3) is 0 Å². The van der Waals surface area contributed by atoms with Gasteiger partial charge in [0.1, 0.15) is 5.75 Å². The van der Waals surface area contributed by atoms with Crippen molar-refractivity contribution in [2.45, 2.75) is 44.1 Å². The van der Waals surface area contributed by atoms with Crippen molar-refractivity contribution < 1.29 is 9.53 Å². The van der Waals surface area contributed by atoms with Crippen molar-refractivity contribution in [3.8, 4) is 5.75 Å². The third kappa shape index (κ3) is 4.36. The Labute approximate surface area is 126 Å². The van der Waals surface area contributed by atoms with Crippen LogP contribution in [-0.2, 0) is 0 Å². The number of hydrogen-bond donors (Lipinski definition) is 3. The highest BCUT2D eigenvalue weighted by molar-refractivity contribution is 5.89. The minimum absolute atomic E-state index is 0.187. The minimum atomic E-state index is -0.257. The number of ether oxygens (including phenoxy) is 1. The number of benzene rings is 1. The summed E-state index contributed by atoms with van der Waals surface area (Å²) in [4.78, 5) is 12.2. The topological polar surface area (TPSA) is 76.4 Å². The Morgan fingerprint density at radius 3 is 2.33 bits per heavy atom. The third-order valence-corrected chi connectivity index (χ3v) is 4.18. The maximum Gasteiger partial charge on any atom is 0.319 e. The summed E-state index contributed by atoms with van der Waals surface area (Å²) in [7, 11) is 1.62. The molecule has 0 atom stereocenters. The molecule has 1 aromatic carbocycles. The van der Waals surface area contributed by atoms with E-state index in [-0.39, 0.29) is 11.6 Å². The molecular weight excluding hydrogens is 266 g/mol. The van der Waals surface area contributed by atoms with Crippen LogP contribution in [0.1, 0.15) is 38.5 Å². The summed E-state index contributed by atoms with van der Waals surface area (Å²) in [6, 6.07) is 7.09. The molecule has 1 aromatic rings. The smallest absolute Gasteiger partial charge is 0.319 e. The number of methoxy groups -OCH3 is 1. The number of carbonyl (C=O) groups excluding carboxylic acids is 1. The first-order chi connectivity index (χ1) is 10.2. The van der Waals surface area contributed by atoms with Gasteiger partial charge in [0.2, 0.25) is 0 Å². The Morgan fingerprint density at radius 1 is 1.19 bits per heavy atom. The van der Waals surface area contributed by atoms with E-state index in [2.05, 4.69) is 10.6 Å². The van der Waals surface area contributed by atoms with E-state index in [4.69, 9.17) is 10.5 Å². The van der Waals surface area contributed by atoms with Crippen LogP contribution in [0.4, 0.5) is 10.5 Å². The van der Waals surface area contributed by atoms with Crippen molar-refractivity contribution in [3.05, 3.63) is 24.3 Å². The summed E-state index contributed by atoms with van der Waals surface area (Å²) in [6.07, 6.45) is 6.62. The number of urea groups is 1. The summed E-state index contributed by atoms with van der Waals surface area (Å²) >= 11 is 0. The molecule has 0 bridgehead atoms. The van der Waals surface area contributed by atoms with Crippen LogP contribution < -0.4 is 21.1 Å². The number of amides is 2. The molecule has 4 N–H and O–H groups in total. The monoisotopic (exact) mass is 291 g/mol. The molecule has 5 nitrogen and oxygen atoms in total. The second-order valence-corrected chi connectivity index (χ2v) is 5.71. The minimum Gasteiger partial charge on any atom is -0.497 e. The van der Waals surface area contributed by atoms with Gasteiger partial charge >= 0.3 is 6.03 Å². The summed E-state index contributed by atoms with van der Waals surface area (Å²) in [5.41, 5.74) is 6.42. The fourth-order valence-electron chi connectivity index (χ4n) is 2.86. The molecule has 1 aliphatic carbocycles. The summed E-state index contributed by atoms with van der Waals surface area (Å²) in [5, 5.41) is 5.95. The van der Waals surface area contributed by atoms with E-state index in [0.29, 0.717) is 6.54 Å². The number of carbonyl (C=O) groups is 1. The molecule has 116 valence electrons. The fourth-order valence-corrected chi connectivity index (χ4v) is 2.86. The van der Waals surface area contributed by atoms with E-state index in [1.807, 2.05) is 24.3 Å². The first-order valence-corrected chi connectivity index (χ1v) is 7.61. The summed E-state index contributed by atoms with van der Waals surface area (Å²) < 4.78 is 5.10. The molecule has 0 aromatic heterocycles. The summed E-state index contributed by atoms with van der Waals surface area (Å²) in [5.74, 6) is 0.767. The maximum absolute atomic E-state index is 12.2. The Morgan fingerprint density at radius 2 is 1.81 bits per heavy atom. The van der Waals surface area contributed by atoms with Gasteiger partial charge in [0, 0.05) is 12.2 Å². The zero-order chi connectivity index (χ0) is 15.1. The van der Waals surface area contributed by atoms with Crippen molar-refractivity contribution in [1.82, 2.24) is 5.32 Å². The van der Waals surface area contributed by atoms with E-state index in [1.54, 1.807) is 7.11 Å². The van der Waals surface area contributed by atoms with Crippen molar-refractivity contribution in [2.24, 2.45) is 5.73 Å². The predicted molar refractivity (Wildman–Crippen MR) is 84.6 cm³/mol. The third-order valence-electron chi connectivity index (χ3n) is 4.18. The predicted octanol–water partition coefficient (Wildman–Crippen LogP) is 2.87. The van der Waals surface area contributed by atoms with Gasteiger partial charge in [0.15, 0.2) is 0 Å². The molecule has 0 unspecified atom stereocenters. The number of nitrogens with one attached hydrogen (secondary N) is 2. The quantitative estimate of drug-likeness (QED) is 0.747. The second kappa shape index (κ2) is 7.31. The lowest BCUT2D eigenvalue weighted by Crippen LogP contribution is -2.54. The Bertz CT molecular complexity index is 451. The first kappa shape index (κ1) is 15.6. The molecule has 1 aliphatic rings. The SMILES string of the molecule is COc1ccc(NC(=O)NC2(CN)CCCCCC2)cc1. The molecule has 2 rings (SSSR count). The van der Waals surface area contributed by atoms with Crippen molar-refractivity contribution >= 4 is 11.7 Å². The van der Waals surface area contributed by atoms with Crippen LogP contribution in [0.5, 0.6) is 5.75 Å². The highest BCUT2D eigenvalue weighted by atomic mass is 16.5. The van der Waals surface area contributed by atoms with Crippen LogP contribution in [0, 0.1) is 0 Å². The lowest BCUT2D eigenvalue weighted by atomic mass is 9.90. The van der Waals surface area contributed by atoms with Gasteiger partial charge in [0.25, 0.3) is 0 Å². The van der Waals surface area contributed by atoms with Crippen molar-refractivity contribution in [1.29, 1.82) is 0 Å². The van der Waals surface area contributed by atoms with Crippen LogP contribution >= 0.6 is 0 Å². The van der Waals surface area contributed by atoms with Crippen molar-refractivity contribution in [3.63, 3.8) is 0 Å². The average Bonchev–Trinajstić information content (AvgIpc) is 2.74. The Kier molecular flexibility index (Phi) is 5.44. The fraction of sp³-hybridized carbons (Fsp3) is 0.562. The molecule has 0 radical (unpaired) electrons. The molecule has 2 amide bonds. The van der Waals surface area contributed by atoms with E-state index >= 15 is 0 Å². The number of anilines is 1. The molecule has 1 saturated carbocycles. The molecule has 1 fully saturated rings. The van der Waals surface area contributed by atoms with Crippen LogP contribution in [0.15, 0.2) is 24.3 Å². The summed E-state index contributed by atoms with van der Waals surface area (Å²) in [6.45, 7) is 0.489.